The van der Waals surface area contributed by atoms with Gasteiger partial charge >= 0.3 is 0 Å². The predicted molar refractivity (Wildman–Crippen MR) is 109 cm³/mol. The van der Waals surface area contributed by atoms with Crippen molar-refractivity contribution < 1.29 is 23.9 Å². The average Bonchev–Trinajstić information content (AvgIpc) is 2.95. The Kier molecular flexibility index (Phi) is 6.45. The number of carbonyl (C=O) groups is 4. The Labute approximate surface area is 173 Å². The van der Waals surface area contributed by atoms with E-state index in [4.69, 9.17) is 4.74 Å². The van der Waals surface area contributed by atoms with E-state index in [0.717, 1.165) is 4.90 Å². The van der Waals surface area contributed by atoms with Crippen LogP contribution in [0.5, 0.6) is 5.75 Å². The van der Waals surface area contributed by atoms with Gasteiger partial charge in [0.25, 0.3) is 11.8 Å². The number of carbonyl (C=O) groups excluding carboxylic acids is 4. The minimum Gasteiger partial charge on any atom is -0.481 e. The number of nitrogens with zero attached hydrogens (tertiary/aromatic N) is 1. The number of fused-ring (bicyclic) bond motifs is 1. The van der Waals surface area contributed by atoms with E-state index in [1.54, 1.807) is 48.5 Å². The lowest BCUT2D eigenvalue weighted by Crippen LogP contribution is -2.40. The maximum atomic E-state index is 12.2. The molecule has 2 N–H and O–H groups in total. The highest BCUT2D eigenvalue weighted by atomic mass is 16.5. The molecular weight excluding hydrogens is 386 g/mol. The molecule has 2 aromatic rings. The van der Waals surface area contributed by atoms with Crippen LogP contribution in [0.25, 0.3) is 0 Å². The molecule has 1 heterocycles. The standard InChI is InChI=1S/C22H19N3O5/c1-15(26)24-16-7-6-8-17(13-16)30-12-5-4-11-23-20(27)14-25-21(28)18-9-2-3-10-19(18)22(25)29/h2-3,6-10,13H,11-12,14H2,1H3,(H,23,27)(H,24,26). The molecule has 0 radical (unpaired) electrons. The van der Waals surface area contributed by atoms with Crippen LogP contribution in [-0.4, -0.2) is 48.2 Å². The fourth-order valence-electron chi connectivity index (χ4n) is 2.82. The highest BCUT2D eigenvalue weighted by molar-refractivity contribution is 6.22. The van der Waals surface area contributed by atoms with E-state index in [-0.39, 0.29) is 25.6 Å². The van der Waals surface area contributed by atoms with Crippen molar-refractivity contribution in [1.29, 1.82) is 0 Å². The molecule has 1 aliphatic rings. The second kappa shape index (κ2) is 9.39. The van der Waals surface area contributed by atoms with E-state index in [9.17, 15) is 19.2 Å². The van der Waals surface area contributed by atoms with Crippen molar-refractivity contribution in [3.05, 3.63) is 59.7 Å². The first-order valence-electron chi connectivity index (χ1n) is 9.14. The predicted octanol–water partition coefficient (Wildman–Crippen LogP) is 1.44. The Morgan fingerprint density at radius 2 is 1.70 bits per heavy atom. The molecule has 8 heteroatoms. The SMILES string of the molecule is CC(=O)Nc1cccc(OCC#CCNC(=O)CN2C(=O)c3ccccc3C2=O)c1. The van der Waals surface area contributed by atoms with E-state index in [0.29, 0.717) is 22.6 Å². The van der Waals surface area contributed by atoms with Crippen LogP contribution in [0.3, 0.4) is 0 Å². The first-order chi connectivity index (χ1) is 14.5. The van der Waals surface area contributed by atoms with Gasteiger partial charge in [0.05, 0.1) is 17.7 Å². The fourth-order valence-corrected chi connectivity index (χ4v) is 2.82. The third kappa shape index (κ3) is 5.02. The molecule has 0 spiro atoms. The summed E-state index contributed by atoms with van der Waals surface area (Å²) in [6.45, 7) is 1.21. The molecule has 30 heavy (non-hydrogen) atoms. The van der Waals surface area contributed by atoms with Gasteiger partial charge in [-0.25, -0.2) is 0 Å². The second-order valence-electron chi connectivity index (χ2n) is 6.37. The Morgan fingerprint density at radius 1 is 1.00 bits per heavy atom. The second-order valence-corrected chi connectivity index (χ2v) is 6.37. The summed E-state index contributed by atoms with van der Waals surface area (Å²) >= 11 is 0. The Bertz CT molecular complexity index is 1030. The van der Waals surface area contributed by atoms with E-state index in [2.05, 4.69) is 22.5 Å². The highest BCUT2D eigenvalue weighted by Crippen LogP contribution is 2.21. The summed E-state index contributed by atoms with van der Waals surface area (Å²) in [6, 6.07) is 13.3. The van der Waals surface area contributed by atoms with Gasteiger partial charge in [-0.15, -0.1) is 0 Å². The third-order valence-electron chi connectivity index (χ3n) is 4.14. The van der Waals surface area contributed by atoms with Crippen molar-refractivity contribution >= 4 is 29.3 Å². The van der Waals surface area contributed by atoms with E-state index < -0.39 is 17.7 Å². The summed E-state index contributed by atoms with van der Waals surface area (Å²) in [7, 11) is 0. The highest BCUT2D eigenvalue weighted by Gasteiger charge is 2.36. The Balaban J connectivity index is 1.42. The third-order valence-corrected chi connectivity index (χ3v) is 4.14. The lowest BCUT2D eigenvalue weighted by Gasteiger charge is -2.12. The first-order valence-corrected chi connectivity index (χ1v) is 9.14. The Morgan fingerprint density at radius 3 is 2.37 bits per heavy atom. The van der Waals surface area contributed by atoms with Crippen molar-refractivity contribution in [2.45, 2.75) is 6.92 Å². The topological polar surface area (TPSA) is 105 Å². The van der Waals surface area contributed by atoms with Crippen LogP contribution in [0, 0.1) is 11.8 Å². The number of ether oxygens (including phenoxy) is 1. The number of nitrogens with one attached hydrogen (secondary N) is 2. The number of rotatable bonds is 6. The van der Waals surface area contributed by atoms with Crippen LogP contribution < -0.4 is 15.4 Å². The summed E-state index contributed by atoms with van der Waals surface area (Å²) in [4.78, 5) is 48.5. The molecule has 0 aliphatic carbocycles. The normalized spacial score (nSPS) is 12.0. The zero-order chi connectivity index (χ0) is 21.5. The smallest absolute Gasteiger partial charge is 0.262 e. The number of benzene rings is 2. The van der Waals surface area contributed by atoms with Gasteiger partial charge in [-0.2, -0.15) is 0 Å². The number of amides is 4. The van der Waals surface area contributed by atoms with Gasteiger partial charge in [-0.05, 0) is 24.3 Å². The molecule has 0 aromatic heterocycles. The summed E-state index contributed by atoms with van der Waals surface area (Å²) < 4.78 is 5.47. The zero-order valence-electron chi connectivity index (χ0n) is 16.2. The molecule has 0 saturated heterocycles. The zero-order valence-corrected chi connectivity index (χ0v) is 16.2. The summed E-state index contributed by atoms with van der Waals surface area (Å²) in [5.74, 6) is 4.41. The van der Waals surface area contributed by atoms with Gasteiger partial charge in [0.1, 0.15) is 18.9 Å². The molecule has 8 nitrogen and oxygen atoms in total. The van der Waals surface area contributed by atoms with Gasteiger partial charge < -0.3 is 15.4 Å². The van der Waals surface area contributed by atoms with Crippen LogP contribution in [0.15, 0.2) is 48.5 Å². The molecule has 152 valence electrons. The molecule has 0 unspecified atom stereocenters. The molecule has 4 amide bonds. The molecule has 1 aliphatic heterocycles. The summed E-state index contributed by atoms with van der Waals surface area (Å²) in [6.07, 6.45) is 0. The first kappa shape index (κ1) is 20.6. The van der Waals surface area contributed by atoms with Crippen molar-refractivity contribution in [1.82, 2.24) is 10.2 Å². The summed E-state index contributed by atoms with van der Waals surface area (Å²) in [5, 5.41) is 5.20. The van der Waals surface area contributed by atoms with Gasteiger partial charge in [-0.3, -0.25) is 24.1 Å². The largest absolute Gasteiger partial charge is 0.481 e. The van der Waals surface area contributed by atoms with Gasteiger partial charge in [0, 0.05) is 18.7 Å². The quantitative estimate of drug-likeness (QED) is 0.559. The van der Waals surface area contributed by atoms with Gasteiger partial charge in [0.15, 0.2) is 0 Å². The fraction of sp³-hybridized carbons (Fsp3) is 0.182. The molecule has 0 saturated carbocycles. The minimum atomic E-state index is -0.484. The molecule has 2 aromatic carbocycles. The Hall–Kier alpha value is -4.12. The van der Waals surface area contributed by atoms with Crippen LogP contribution >= 0.6 is 0 Å². The van der Waals surface area contributed by atoms with Gasteiger partial charge in [-0.1, -0.05) is 30.0 Å². The monoisotopic (exact) mass is 405 g/mol. The maximum Gasteiger partial charge on any atom is 0.262 e. The van der Waals surface area contributed by atoms with Crippen molar-refractivity contribution in [3.63, 3.8) is 0 Å². The number of anilines is 1. The van der Waals surface area contributed by atoms with Crippen molar-refractivity contribution in [3.8, 4) is 17.6 Å². The van der Waals surface area contributed by atoms with Crippen LogP contribution in [0.4, 0.5) is 5.69 Å². The van der Waals surface area contributed by atoms with Crippen molar-refractivity contribution in [2.75, 3.05) is 25.0 Å². The maximum absolute atomic E-state index is 12.2. The van der Waals surface area contributed by atoms with E-state index >= 15 is 0 Å². The number of hydrogen-bond acceptors (Lipinski definition) is 5. The molecule has 0 atom stereocenters. The number of imide groups is 1. The molecular formula is C22H19N3O5. The minimum absolute atomic E-state index is 0.0529. The van der Waals surface area contributed by atoms with E-state index in [1.165, 1.54) is 6.92 Å². The molecule has 0 bridgehead atoms. The lowest BCUT2D eigenvalue weighted by atomic mass is 10.1. The van der Waals surface area contributed by atoms with Crippen molar-refractivity contribution in [2.24, 2.45) is 0 Å². The van der Waals surface area contributed by atoms with Gasteiger partial charge in [0.2, 0.25) is 11.8 Å². The lowest BCUT2D eigenvalue weighted by molar-refractivity contribution is -0.121. The molecule has 3 rings (SSSR count). The number of hydrogen-bond donors (Lipinski definition) is 2. The van der Waals surface area contributed by atoms with Crippen LogP contribution in [0.2, 0.25) is 0 Å². The van der Waals surface area contributed by atoms with E-state index in [1.807, 2.05) is 0 Å². The average molecular weight is 405 g/mol. The molecule has 0 fully saturated rings. The summed E-state index contributed by atoms with van der Waals surface area (Å²) in [5.41, 5.74) is 1.22. The van der Waals surface area contributed by atoms with Crippen LogP contribution in [0.1, 0.15) is 27.6 Å². The van der Waals surface area contributed by atoms with Crippen LogP contribution in [-0.2, 0) is 9.59 Å².